The van der Waals surface area contributed by atoms with E-state index in [-0.39, 0.29) is 13.2 Å². The van der Waals surface area contributed by atoms with Gasteiger partial charge in [0.15, 0.2) is 11.5 Å². The maximum Gasteiger partial charge on any atom is 0.161 e. The summed E-state index contributed by atoms with van der Waals surface area (Å²) >= 11 is 6.01. The summed E-state index contributed by atoms with van der Waals surface area (Å²) in [4.78, 5) is 6.14. The van der Waals surface area contributed by atoms with E-state index >= 15 is 0 Å². The maximum absolute atomic E-state index is 11.2. The molecule has 0 saturated carbocycles. The third-order valence-electron chi connectivity index (χ3n) is 5.92. The van der Waals surface area contributed by atoms with Crippen molar-refractivity contribution in [2.75, 3.05) is 33.4 Å². The SMILES string of the molecule is COc1ccc(CN2CC[C@H](O)[C@@](O)(COc3cccc(Cl)c3)C2)cc1OCCn1ccnc1. The number of hydrogen-bond donors (Lipinski definition) is 2. The summed E-state index contributed by atoms with van der Waals surface area (Å²) in [5, 5.41) is 22.2. The molecular weight excluding hydrogens is 458 g/mol. The quantitative estimate of drug-likeness (QED) is 0.454. The lowest BCUT2D eigenvalue weighted by Gasteiger charge is -2.42. The van der Waals surface area contributed by atoms with Crippen LogP contribution in [0.25, 0.3) is 0 Å². The minimum atomic E-state index is -1.39. The molecule has 8 nitrogen and oxygen atoms in total. The Kier molecular flexibility index (Phi) is 7.95. The highest BCUT2D eigenvalue weighted by Gasteiger charge is 2.42. The van der Waals surface area contributed by atoms with E-state index in [9.17, 15) is 10.2 Å². The lowest BCUT2D eigenvalue weighted by molar-refractivity contribution is -0.140. The second-order valence-corrected chi connectivity index (χ2v) is 8.94. The first kappa shape index (κ1) is 24.3. The summed E-state index contributed by atoms with van der Waals surface area (Å²) in [6, 6.07) is 12.8. The van der Waals surface area contributed by atoms with Crippen LogP contribution in [0.2, 0.25) is 5.02 Å². The van der Waals surface area contributed by atoms with Gasteiger partial charge < -0.3 is 29.0 Å². The van der Waals surface area contributed by atoms with Crippen molar-refractivity contribution in [2.45, 2.75) is 31.2 Å². The molecular formula is C25H30ClN3O5. The van der Waals surface area contributed by atoms with Gasteiger partial charge in [-0.3, -0.25) is 4.90 Å². The van der Waals surface area contributed by atoms with E-state index in [2.05, 4.69) is 9.88 Å². The molecule has 2 heterocycles. The van der Waals surface area contributed by atoms with Crippen molar-refractivity contribution in [1.29, 1.82) is 0 Å². The summed E-state index contributed by atoms with van der Waals surface area (Å²) in [5.41, 5.74) is -0.370. The second kappa shape index (κ2) is 11.1. The van der Waals surface area contributed by atoms with E-state index in [0.29, 0.717) is 54.9 Å². The number of methoxy groups -OCH3 is 1. The monoisotopic (exact) mass is 487 g/mol. The predicted molar refractivity (Wildman–Crippen MR) is 129 cm³/mol. The molecule has 4 rings (SSSR count). The van der Waals surface area contributed by atoms with Gasteiger partial charge in [0.05, 0.1) is 26.1 Å². The van der Waals surface area contributed by atoms with Crippen LogP contribution >= 0.6 is 11.6 Å². The minimum absolute atomic E-state index is 0.0315. The standard InChI is InChI=1S/C25H30ClN3O5/c1-32-22-6-5-19(13-23(22)33-12-11-28-10-8-27-18-28)15-29-9-7-24(30)25(31,16-29)17-34-21-4-2-3-20(26)14-21/h2-6,8,10,13-14,18,24,30-31H,7,9,11-12,15-17H2,1H3/t24-,25-/m0/s1. The van der Waals surface area contributed by atoms with Crippen LogP contribution in [0, 0.1) is 0 Å². The number of aliphatic hydroxyl groups excluding tert-OH is 1. The number of aromatic nitrogens is 2. The predicted octanol–water partition coefficient (Wildman–Crippen LogP) is 3.00. The number of benzene rings is 2. The van der Waals surface area contributed by atoms with Gasteiger partial charge in [-0.15, -0.1) is 0 Å². The number of aliphatic hydroxyl groups is 2. The highest BCUT2D eigenvalue weighted by Crippen LogP contribution is 2.30. The molecule has 34 heavy (non-hydrogen) atoms. The van der Waals surface area contributed by atoms with Crippen molar-refractivity contribution in [1.82, 2.24) is 14.5 Å². The van der Waals surface area contributed by atoms with Crippen LogP contribution in [-0.4, -0.2) is 69.8 Å². The van der Waals surface area contributed by atoms with E-state index < -0.39 is 11.7 Å². The summed E-state index contributed by atoms with van der Waals surface area (Å²) in [5.74, 6) is 1.88. The van der Waals surface area contributed by atoms with Gasteiger partial charge in [0.25, 0.3) is 0 Å². The molecule has 2 N–H and O–H groups in total. The number of piperidine rings is 1. The Labute approximate surface area is 204 Å². The number of hydrogen-bond acceptors (Lipinski definition) is 7. The lowest BCUT2D eigenvalue weighted by atomic mass is 9.90. The van der Waals surface area contributed by atoms with Gasteiger partial charge in [0.2, 0.25) is 0 Å². The van der Waals surface area contributed by atoms with Crippen LogP contribution in [0.5, 0.6) is 17.2 Å². The first-order valence-corrected chi connectivity index (χ1v) is 11.6. The molecule has 182 valence electrons. The van der Waals surface area contributed by atoms with Gasteiger partial charge in [-0.05, 0) is 42.3 Å². The first-order chi connectivity index (χ1) is 16.4. The Morgan fingerprint density at radius 1 is 1.18 bits per heavy atom. The van der Waals surface area contributed by atoms with E-state index in [0.717, 1.165) is 5.56 Å². The van der Waals surface area contributed by atoms with Crippen LogP contribution in [0.1, 0.15) is 12.0 Å². The molecule has 1 aliphatic heterocycles. The number of halogens is 1. The second-order valence-electron chi connectivity index (χ2n) is 8.50. The Morgan fingerprint density at radius 3 is 2.82 bits per heavy atom. The first-order valence-electron chi connectivity index (χ1n) is 11.2. The maximum atomic E-state index is 11.2. The van der Waals surface area contributed by atoms with Crippen LogP contribution in [-0.2, 0) is 13.1 Å². The molecule has 9 heteroatoms. The molecule has 3 aromatic rings. The third-order valence-corrected chi connectivity index (χ3v) is 6.16. The molecule has 0 amide bonds. The molecule has 0 unspecified atom stereocenters. The number of imidazole rings is 1. The van der Waals surface area contributed by atoms with Crippen LogP contribution in [0.3, 0.4) is 0 Å². The topological polar surface area (TPSA) is 89.2 Å². The van der Waals surface area contributed by atoms with E-state index in [4.69, 9.17) is 25.8 Å². The summed E-state index contributed by atoms with van der Waals surface area (Å²) in [7, 11) is 1.61. The Balaban J connectivity index is 1.38. The zero-order valence-corrected chi connectivity index (χ0v) is 19.9. The molecule has 2 atom stereocenters. The summed E-state index contributed by atoms with van der Waals surface area (Å²) in [6.07, 6.45) is 4.94. The average molecular weight is 488 g/mol. The molecule has 0 radical (unpaired) electrons. The number of likely N-dealkylation sites (tertiary alicyclic amines) is 1. The Bertz CT molecular complexity index is 1060. The van der Waals surface area contributed by atoms with Crippen LogP contribution in [0.15, 0.2) is 61.2 Å². The number of nitrogens with zero attached hydrogens (tertiary/aromatic N) is 3. The zero-order chi connectivity index (χ0) is 24.0. The molecule has 0 aliphatic carbocycles. The van der Waals surface area contributed by atoms with Crippen molar-refractivity contribution in [2.24, 2.45) is 0 Å². The fourth-order valence-electron chi connectivity index (χ4n) is 4.06. The molecule has 1 saturated heterocycles. The van der Waals surface area contributed by atoms with Crippen LogP contribution < -0.4 is 14.2 Å². The fraction of sp³-hybridized carbons (Fsp3) is 0.400. The summed E-state index contributed by atoms with van der Waals surface area (Å²) in [6.45, 7) is 2.65. The van der Waals surface area contributed by atoms with Crippen molar-refractivity contribution >= 4 is 11.6 Å². The van der Waals surface area contributed by atoms with Gasteiger partial charge in [-0.2, -0.15) is 0 Å². The molecule has 2 aromatic carbocycles. The van der Waals surface area contributed by atoms with Crippen molar-refractivity contribution in [3.63, 3.8) is 0 Å². The number of rotatable bonds is 10. The van der Waals surface area contributed by atoms with Gasteiger partial charge in [-0.1, -0.05) is 23.7 Å². The zero-order valence-electron chi connectivity index (χ0n) is 19.1. The average Bonchev–Trinajstić information content (AvgIpc) is 3.34. The lowest BCUT2D eigenvalue weighted by Crippen LogP contribution is -2.59. The van der Waals surface area contributed by atoms with Crippen LogP contribution in [0.4, 0.5) is 0 Å². The van der Waals surface area contributed by atoms with Crippen molar-refractivity contribution in [3.8, 4) is 17.2 Å². The van der Waals surface area contributed by atoms with E-state index in [1.54, 1.807) is 43.9 Å². The minimum Gasteiger partial charge on any atom is -0.493 e. The van der Waals surface area contributed by atoms with Crippen molar-refractivity contribution in [3.05, 3.63) is 71.8 Å². The van der Waals surface area contributed by atoms with Gasteiger partial charge >= 0.3 is 0 Å². The fourth-order valence-corrected chi connectivity index (χ4v) is 4.24. The molecule has 0 bridgehead atoms. The Hall–Kier alpha value is -2.78. The van der Waals surface area contributed by atoms with Gasteiger partial charge in [0, 0.05) is 37.1 Å². The largest absolute Gasteiger partial charge is 0.493 e. The smallest absolute Gasteiger partial charge is 0.161 e. The van der Waals surface area contributed by atoms with Gasteiger partial charge in [-0.25, -0.2) is 4.98 Å². The van der Waals surface area contributed by atoms with E-state index in [1.807, 2.05) is 29.0 Å². The number of ether oxygens (including phenoxy) is 3. The highest BCUT2D eigenvalue weighted by atomic mass is 35.5. The molecule has 0 spiro atoms. The highest BCUT2D eigenvalue weighted by molar-refractivity contribution is 6.30. The molecule has 1 fully saturated rings. The van der Waals surface area contributed by atoms with Gasteiger partial charge in [0.1, 0.15) is 24.6 Å². The summed E-state index contributed by atoms with van der Waals surface area (Å²) < 4.78 is 19.1. The molecule has 1 aromatic heterocycles. The van der Waals surface area contributed by atoms with E-state index in [1.165, 1.54) is 0 Å². The van der Waals surface area contributed by atoms with Crippen molar-refractivity contribution < 1.29 is 24.4 Å². The normalized spacial score (nSPS) is 20.8. The molecule has 1 aliphatic rings. The Morgan fingerprint density at radius 2 is 2.06 bits per heavy atom. The number of β-amino-alcohol motifs (C(OH)–C–C–N with tert-alkyl or cyclic N) is 1. The third kappa shape index (κ3) is 6.21.